The molecule has 1 aromatic rings. The fourth-order valence-corrected chi connectivity index (χ4v) is 3.10. The largest absolute Gasteiger partial charge is 0.466 e. The summed E-state index contributed by atoms with van der Waals surface area (Å²) < 4.78 is 4.98. The van der Waals surface area contributed by atoms with Crippen molar-refractivity contribution in [2.24, 2.45) is 5.92 Å². The third kappa shape index (κ3) is 4.69. The highest BCUT2D eigenvalue weighted by Gasteiger charge is 2.32. The summed E-state index contributed by atoms with van der Waals surface area (Å²) in [5, 5.41) is 18.4. The number of hydrogen-bond acceptors (Lipinski definition) is 4. The Kier molecular flexibility index (Phi) is 5.98. The average Bonchev–Trinajstić information content (AvgIpc) is 2.54. The van der Waals surface area contributed by atoms with Crippen LogP contribution in [0.3, 0.4) is 0 Å². The maximum absolute atomic E-state index is 11.7. The number of carbonyl (C=O) groups is 2. The van der Waals surface area contributed by atoms with Crippen LogP contribution in [0.25, 0.3) is 0 Å². The Morgan fingerprint density at radius 2 is 1.96 bits per heavy atom. The van der Waals surface area contributed by atoms with Gasteiger partial charge < -0.3 is 19.8 Å². The quantitative estimate of drug-likeness (QED) is 0.812. The van der Waals surface area contributed by atoms with Gasteiger partial charge in [0.1, 0.15) is 0 Å². The van der Waals surface area contributed by atoms with E-state index in [4.69, 9.17) is 9.84 Å². The lowest BCUT2D eigenvalue weighted by atomic mass is 9.83. The van der Waals surface area contributed by atoms with E-state index in [1.54, 1.807) is 6.92 Å². The third-order valence-electron chi connectivity index (χ3n) is 4.20. The summed E-state index contributed by atoms with van der Waals surface area (Å²) in [6.07, 6.45) is 0.0275. The van der Waals surface area contributed by atoms with Crippen molar-refractivity contribution in [3.63, 3.8) is 0 Å². The van der Waals surface area contributed by atoms with Gasteiger partial charge in [0.25, 0.3) is 0 Å². The Morgan fingerprint density at radius 3 is 2.52 bits per heavy atom. The molecule has 0 aromatic heterocycles. The Bertz CT molecular complexity index is 542. The van der Waals surface area contributed by atoms with Crippen LogP contribution in [0.2, 0.25) is 0 Å². The van der Waals surface area contributed by atoms with Crippen LogP contribution in [0.15, 0.2) is 24.3 Å². The van der Waals surface area contributed by atoms with Gasteiger partial charge in [-0.05, 0) is 30.4 Å². The van der Waals surface area contributed by atoms with E-state index in [1.807, 2.05) is 24.3 Å². The summed E-state index contributed by atoms with van der Waals surface area (Å²) in [6, 6.07) is 7.52. The zero-order chi connectivity index (χ0) is 16.8. The zero-order valence-electron chi connectivity index (χ0n) is 13.3. The van der Waals surface area contributed by atoms with E-state index in [9.17, 15) is 14.7 Å². The van der Waals surface area contributed by atoms with E-state index in [2.05, 4.69) is 0 Å². The maximum atomic E-state index is 11.7. The Balaban J connectivity index is 2.10. The molecule has 1 aromatic carbocycles. The lowest BCUT2D eigenvalue weighted by Gasteiger charge is -2.36. The average molecular weight is 321 g/mol. The summed E-state index contributed by atoms with van der Waals surface area (Å²) in [7, 11) is 0. The second-order valence-electron chi connectivity index (χ2n) is 5.90. The second-order valence-corrected chi connectivity index (χ2v) is 5.90. The van der Waals surface area contributed by atoms with Crippen molar-refractivity contribution >= 4 is 12.1 Å². The van der Waals surface area contributed by atoms with Crippen molar-refractivity contribution in [3.05, 3.63) is 35.4 Å². The highest BCUT2D eigenvalue weighted by Crippen LogP contribution is 2.32. The number of esters is 1. The highest BCUT2D eigenvalue weighted by atomic mass is 16.5. The molecule has 6 nitrogen and oxygen atoms in total. The summed E-state index contributed by atoms with van der Waals surface area (Å²) in [5.74, 6) is -0.271. The van der Waals surface area contributed by atoms with Gasteiger partial charge in [-0.2, -0.15) is 0 Å². The molecule has 2 N–H and O–H groups in total. The molecule has 1 heterocycles. The zero-order valence-corrected chi connectivity index (χ0v) is 13.3. The van der Waals surface area contributed by atoms with Crippen molar-refractivity contribution in [3.8, 4) is 0 Å². The molecule has 0 radical (unpaired) electrons. The van der Waals surface area contributed by atoms with E-state index in [0.29, 0.717) is 19.7 Å². The standard InChI is InChI=1S/C17H23NO5/c1-2-23-16(20)8-13-7-15(10-18(9-13)17(21)22)14-5-3-12(11-19)4-6-14/h3-6,13,15,19H,2,7-11H2,1H3,(H,21,22). The number of amides is 1. The van der Waals surface area contributed by atoms with Crippen LogP contribution in [0.4, 0.5) is 4.79 Å². The van der Waals surface area contributed by atoms with Crippen LogP contribution in [0.1, 0.15) is 36.8 Å². The molecule has 2 rings (SSSR count). The lowest BCUT2D eigenvalue weighted by molar-refractivity contribution is -0.144. The molecule has 1 amide bonds. The van der Waals surface area contributed by atoms with Crippen LogP contribution >= 0.6 is 0 Å². The molecule has 1 aliphatic heterocycles. The fourth-order valence-electron chi connectivity index (χ4n) is 3.10. The van der Waals surface area contributed by atoms with Crippen molar-refractivity contribution < 1.29 is 24.5 Å². The molecule has 1 saturated heterocycles. The number of hydrogen-bond donors (Lipinski definition) is 2. The van der Waals surface area contributed by atoms with Crippen LogP contribution in [-0.2, 0) is 16.1 Å². The van der Waals surface area contributed by atoms with Crippen molar-refractivity contribution in [2.75, 3.05) is 19.7 Å². The van der Waals surface area contributed by atoms with E-state index in [1.165, 1.54) is 4.90 Å². The lowest BCUT2D eigenvalue weighted by Crippen LogP contribution is -2.43. The second kappa shape index (κ2) is 7.97. The van der Waals surface area contributed by atoms with Gasteiger partial charge in [-0.15, -0.1) is 0 Å². The van der Waals surface area contributed by atoms with Gasteiger partial charge in [0, 0.05) is 19.0 Å². The molecule has 0 aliphatic carbocycles. The first kappa shape index (κ1) is 17.3. The predicted octanol–water partition coefficient (Wildman–Crippen LogP) is 2.22. The number of ether oxygens (including phenoxy) is 1. The molecular formula is C17H23NO5. The number of nitrogens with zero attached hydrogens (tertiary/aromatic N) is 1. The number of carbonyl (C=O) groups excluding carboxylic acids is 1. The molecule has 0 saturated carbocycles. The van der Waals surface area contributed by atoms with Crippen molar-refractivity contribution in [2.45, 2.75) is 32.3 Å². The molecule has 126 valence electrons. The Morgan fingerprint density at radius 1 is 1.26 bits per heavy atom. The minimum Gasteiger partial charge on any atom is -0.466 e. The number of benzene rings is 1. The molecular weight excluding hydrogens is 298 g/mol. The Labute approximate surface area is 135 Å². The monoisotopic (exact) mass is 321 g/mol. The first-order valence-electron chi connectivity index (χ1n) is 7.86. The van der Waals surface area contributed by atoms with E-state index in [0.717, 1.165) is 17.5 Å². The van der Waals surface area contributed by atoms with Crippen molar-refractivity contribution in [1.82, 2.24) is 4.90 Å². The highest BCUT2D eigenvalue weighted by molar-refractivity contribution is 5.70. The molecule has 6 heteroatoms. The van der Waals surface area contributed by atoms with Crippen molar-refractivity contribution in [1.29, 1.82) is 0 Å². The number of carboxylic acid groups (broad SMARTS) is 1. The first-order chi connectivity index (χ1) is 11.0. The number of likely N-dealkylation sites (tertiary alicyclic amines) is 1. The predicted molar refractivity (Wildman–Crippen MR) is 84.1 cm³/mol. The van der Waals surface area contributed by atoms with E-state index >= 15 is 0 Å². The molecule has 0 bridgehead atoms. The van der Waals surface area contributed by atoms with Gasteiger partial charge in [0.05, 0.1) is 19.6 Å². The third-order valence-corrected chi connectivity index (χ3v) is 4.20. The molecule has 0 spiro atoms. The normalized spacial score (nSPS) is 21.0. The molecule has 2 atom stereocenters. The molecule has 2 unspecified atom stereocenters. The molecule has 1 aliphatic rings. The topological polar surface area (TPSA) is 87.1 Å². The van der Waals surface area contributed by atoms with Gasteiger partial charge in [-0.25, -0.2) is 4.79 Å². The number of aliphatic hydroxyl groups is 1. The smallest absolute Gasteiger partial charge is 0.407 e. The molecule has 23 heavy (non-hydrogen) atoms. The van der Waals surface area contributed by atoms with Gasteiger partial charge in [-0.1, -0.05) is 24.3 Å². The van der Waals surface area contributed by atoms with Crippen LogP contribution < -0.4 is 0 Å². The van der Waals surface area contributed by atoms with Crippen LogP contribution in [-0.4, -0.2) is 46.9 Å². The fraction of sp³-hybridized carbons (Fsp3) is 0.529. The first-order valence-corrected chi connectivity index (χ1v) is 7.86. The van der Waals surface area contributed by atoms with Crippen LogP contribution in [0.5, 0.6) is 0 Å². The minimum atomic E-state index is -0.962. The summed E-state index contributed by atoms with van der Waals surface area (Å²) >= 11 is 0. The maximum Gasteiger partial charge on any atom is 0.407 e. The van der Waals surface area contributed by atoms with E-state index < -0.39 is 6.09 Å². The van der Waals surface area contributed by atoms with Crippen LogP contribution in [0, 0.1) is 5.92 Å². The number of aliphatic hydroxyl groups excluding tert-OH is 1. The van der Waals surface area contributed by atoms with Gasteiger partial charge in [0.15, 0.2) is 0 Å². The van der Waals surface area contributed by atoms with Gasteiger partial charge >= 0.3 is 12.1 Å². The minimum absolute atomic E-state index is 0.0162. The summed E-state index contributed by atoms with van der Waals surface area (Å²) in [5.41, 5.74) is 1.85. The number of piperidine rings is 1. The summed E-state index contributed by atoms with van der Waals surface area (Å²) in [4.78, 5) is 24.4. The van der Waals surface area contributed by atoms with Gasteiger partial charge in [0.2, 0.25) is 0 Å². The molecule has 1 fully saturated rings. The SMILES string of the molecule is CCOC(=O)CC1CC(c2ccc(CO)cc2)CN(C(=O)O)C1. The van der Waals surface area contributed by atoms with E-state index in [-0.39, 0.29) is 30.8 Å². The summed E-state index contributed by atoms with van der Waals surface area (Å²) in [6.45, 7) is 2.86. The Hall–Kier alpha value is -2.08. The van der Waals surface area contributed by atoms with Gasteiger partial charge in [-0.3, -0.25) is 4.79 Å². The number of rotatable bonds is 5.